The second kappa shape index (κ2) is 5.33. The van der Waals surface area contributed by atoms with E-state index >= 15 is 0 Å². The first-order valence-electron chi connectivity index (χ1n) is 6.93. The topological polar surface area (TPSA) is 51.3 Å². The van der Waals surface area contributed by atoms with Crippen molar-refractivity contribution in [3.63, 3.8) is 0 Å². The Bertz CT molecular complexity index is 558. The summed E-state index contributed by atoms with van der Waals surface area (Å²) in [4.78, 5) is 5.60. The maximum Gasteiger partial charge on any atom is 0.0937 e. The predicted octanol–water partition coefficient (Wildman–Crippen LogP) is 1.41. The Labute approximate surface area is 113 Å². The molecular formula is C15H21N3O. The van der Waals surface area contributed by atoms with Gasteiger partial charge in [0.1, 0.15) is 0 Å². The first kappa shape index (κ1) is 12.7. The molecule has 2 aromatic rings. The van der Waals surface area contributed by atoms with Crippen molar-refractivity contribution in [1.82, 2.24) is 15.2 Å². The van der Waals surface area contributed by atoms with Crippen molar-refractivity contribution in [1.29, 1.82) is 0 Å². The van der Waals surface area contributed by atoms with Gasteiger partial charge >= 0.3 is 0 Å². The quantitative estimate of drug-likeness (QED) is 0.781. The van der Waals surface area contributed by atoms with Crippen LogP contribution in [0.15, 0.2) is 24.4 Å². The molecule has 0 amide bonds. The van der Waals surface area contributed by atoms with E-state index in [1.54, 1.807) is 0 Å². The molecule has 0 spiro atoms. The van der Waals surface area contributed by atoms with Gasteiger partial charge in [0.25, 0.3) is 0 Å². The molecule has 1 aliphatic rings. The zero-order valence-electron chi connectivity index (χ0n) is 11.3. The van der Waals surface area contributed by atoms with Crippen molar-refractivity contribution in [2.24, 2.45) is 0 Å². The first-order valence-corrected chi connectivity index (χ1v) is 6.93. The number of hydrogen-bond acceptors (Lipinski definition) is 3. The summed E-state index contributed by atoms with van der Waals surface area (Å²) < 4.78 is 0. The maximum atomic E-state index is 10.5. The van der Waals surface area contributed by atoms with E-state index in [2.05, 4.69) is 34.3 Å². The number of benzene rings is 1. The Kier molecular flexibility index (Phi) is 3.55. The van der Waals surface area contributed by atoms with Crippen LogP contribution in [0.3, 0.4) is 0 Å². The molecule has 1 aromatic carbocycles. The lowest BCUT2D eigenvalue weighted by Gasteiger charge is -2.29. The van der Waals surface area contributed by atoms with Crippen LogP contribution in [0.5, 0.6) is 0 Å². The van der Waals surface area contributed by atoms with Gasteiger partial charge in [0.15, 0.2) is 0 Å². The predicted molar refractivity (Wildman–Crippen MR) is 77.3 cm³/mol. The second-order valence-electron chi connectivity index (χ2n) is 5.31. The van der Waals surface area contributed by atoms with E-state index in [0.29, 0.717) is 6.54 Å². The number of fused-ring (bicyclic) bond motifs is 1. The van der Waals surface area contributed by atoms with Gasteiger partial charge in [-0.05, 0) is 12.5 Å². The number of aliphatic hydroxyl groups is 1. The number of aryl methyl sites for hydroxylation is 1. The summed E-state index contributed by atoms with van der Waals surface area (Å²) in [5.74, 6) is 0. The minimum absolute atomic E-state index is 0.423. The molecule has 1 saturated heterocycles. The molecule has 1 unspecified atom stereocenters. The van der Waals surface area contributed by atoms with Crippen LogP contribution < -0.4 is 5.32 Å². The summed E-state index contributed by atoms with van der Waals surface area (Å²) in [5, 5.41) is 14.9. The van der Waals surface area contributed by atoms with E-state index in [1.165, 1.54) is 5.56 Å². The van der Waals surface area contributed by atoms with Crippen molar-refractivity contribution in [2.45, 2.75) is 13.0 Å². The molecule has 1 fully saturated rings. The van der Waals surface area contributed by atoms with E-state index in [1.807, 2.05) is 12.3 Å². The lowest BCUT2D eigenvalue weighted by Crippen LogP contribution is -2.44. The molecule has 0 bridgehead atoms. The number of aromatic amines is 1. The van der Waals surface area contributed by atoms with E-state index in [-0.39, 0.29) is 0 Å². The summed E-state index contributed by atoms with van der Waals surface area (Å²) >= 11 is 0. The average Bonchev–Trinajstić information content (AvgIpc) is 2.85. The maximum absolute atomic E-state index is 10.5. The van der Waals surface area contributed by atoms with Crippen molar-refractivity contribution in [3.8, 4) is 0 Å². The normalized spacial score (nSPS) is 18.8. The first-order chi connectivity index (χ1) is 9.25. The number of nitrogens with one attached hydrogen (secondary N) is 2. The Morgan fingerprint density at radius 2 is 2.11 bits per heavy atom. The van der Waals surface area contributed by atoms with Gasteiger partial charge in [-0.3, -0.25) is 4.90 Å². The minimum Gasteiger partial charge on any atom is -0.387 e. The number of aromatic nitrogens is 1. The number of β-amino-alcohol motifs (C(OH)–C–C–N with tert-alkyl or cyclic N) is 1. The molecule has 3 rings (SSSR count). The Hall–Kier alpha value is -1.36. The number of rotatable bonds is 3. The van der Waals surface area contributed by atoms with Gasteiger partial charge in [0.2, 0.25) is 0 Å². The molecule has 102 valence electrons. The lowest BCUT2D eigenvalue weighted by molar-refractivity contribution is 0.106. The molecule has 0 radical (unpaired) electrons. The number of hydrogen-bond donors (Lipinski definition) is 3. The molecular weight excluding hydrogens is 238 g/mol. The fraction of sp³-hybridized carbons (Fsp3) is 0.467. The molecule has 1 aromatic heterocycles. The Balaban J connectivity index is 1.81. The highest BCUT2D eigenvalue weighted by Crippen LogP contribution is 2.26. The fourth-order valence-corrected chi connectivity index (χ4v) is 2.84. The number of para-hydroxylation sites is 1. The molecule has 1 atom stereocenters. The molecule has 4 heteroatoms. The molecule has 19 heavy (non-hydrogen) atoms. The third-order valence-electron chi connectivity index (χ3n) is 3.96. The summed E-state index contributed by atoms with van der Waals surface area (Å²) in [7, 11) is 0. The van der Waals surface area contributed by atoms with Crippen molar-refractivity contribution < 1.29 is 5.11 Å². The third-order valence-corrected chi connectivity index (χ3v) is 3.96. The number of nitrogens with zero attached hydrogens (tertiary/aromatic N) is 1. The largest absolute Gasteiger partial charge is 0.387 e. The Morgan fingerprint density at radius 3 is 2.89 bits per heavy atom. The summed E-state index contributed by atoms with van der Waals surface area (Å²) in [6.07, 6.45) is 1.53. The molecule has 1 aliphatic heterocycles. The number of piperazine rings is 1. The number of H-pyrrole nitrogens is 1. The Morgan fingerprint density at radius 1 is 1.32 bits per heavy atom. The van der Waals surface area contributed by atoms with Crippen molar-refractivity contribution in [2.75, 3.05) is 32.7 Å². The van der Waals surface area contributed by atoms with Gasteiger partial charge in [-0.1, -0.05) is 18.2 Å². The molecule has 4 nitrogen and oxygen atoms in total. The third kappa shape index (κ3) is 2.52. The summed E-state index contributed by atoms with van der Waals surface area (Å²) in [6, 6.07) is 6.22. The molecule has 0 saturated carbocycles. The minimum atomic E-state index is -0.423. The molecule has 0 aliphatic carbocycles. The monoisotopic (exact) mass is 259 g/mol. The standard InChI is InChI=1S/C15H21N3O/c1-11-3-2-4-12-13(9-17-15(11)12)14(19)10-18-7-5-16-6-8-18/h2-4,9,14,16-17,19H,5-8,10H2,1H3. The van der Waals surface area contributed by atoms with Crippen LogP contribution >= 0.6 is 0 Å². The van der Waals surface area contributed by atoms with Crippen LogP contribution in [0, 0.1) is 6.92 Å². The van der Waals surface area contributed by atoms with E-state index in [4.69, 9.17) is 0 Å². The summed E-state index contributed by atoms with van der Waals surface area (Å²) in [5.41, 5.74) is 3.37. The summed E-state index contributed by atoms with van der Waals surface area (Å²) in [6.45, 7) is 6.85. The van der Waals surface area contributed by atoms with Crippen LogP contribution in [-0.2, 0) is 0 Å². The van der Waals surface area contributed by atoms with Crippen LogP contribution in [0.4, 0.5) is 0 Å². The fourth-order valence-electron chi connectivity index (χ4n) is 2.84. The SMILES string of the molecule is Cc1cccc2c(C(O)CN3CCNCC3)c[nH]c12. The van der Waals surface area contributed by atoms with Gasteiger partial charge in [-0.25, -0.2) is 0 Å². The molecule has 2 heterocycles. The van der Waals surface area contributed by atoms with Crippen LogP contribution in [0.2, 0.25) is 0 Å². The van der Waals surface area contributed by atoms with Crippen LogP contribution in [0.1, 0.15) is 17.2 Å². The molecule has 3 N–H and O–H groups in total. The smallest absolute Gasteiger partial charge is 0.0937 e. The highest BCUT2D eigenvalue weighted by Gasteiger charge is 2.18. The van der Waals surface area contributed by atoms with Crippen LogP contribution in [0.25, 0.3) is 10.9 Å². The van der Waals surface area contributed by atoms with E-state index in [0.717, 1.165) is 42.6 Å². The zero-order chi connectivity index (χ0) is 13.2. The van der Waals surface area contributed by atoms with Crippen molar-refractivity contribution >= 4 is 10.9 Å². The van der Waals surface area contributed by atoms with E-state index < -0.39 is 6.10 Å². The van der Waals surface area contributed by atoms with Gasteiger partial charge in [-0.15, -0.1) is 0 Å². The van der Waals surface area contributed by atoms with Crippen molar-refractivity contribution in [3.05, 3.63) is 35.5 Å². The highest BCUT2D eigenvalue weighted by molar-refractivity contribution is 5.86. The highest BCUT2D eigenvalue weighted by atomic mass is 16.3. The van der Waals surface area contributed by atoms with E-state index in [9.17, 15) is 5.11 Å². The van der Waals surface area contributed by atoms with Crippen LogP contribution in [-0.4, -0.2) is 47.7 Å². The van der Waals surface area contributed by atoms with Gasteiger partial charge < -0.3 is 15.4 Å². The lowest BCUT2D eigenvalue weighted by atomic mass is 10.1. The second-order valence-corrected chi connectivity index (χ2v) is 5.31. The number of aliphatic hydroxyl groups excluding tert-OH is 1. The van der Waals surface area contributed by atoms with Gasteiger partial charge in [-0.2, -0.15) is 0 Å². The van der Waals surface area contributed by atoms with Gasteiger partial charge in [0, 0.05) is 55.4 Å². The average molecular weight is 259 g/mol. The zero-order valence-corrected chi connectivity index (χ0v) is 11.3. The van der Waals surface area contributed by atoms with Gasteiger partial charge in [0.05, 0.1) is 6.10 Å².